The van der Waals surface area contributed by atoms with E-state index in [0.29, 0.717) is 11.1 Å². The van der Waals surface area contributed by atoms with Crippen LogP contribution in [0.3, 0.4) is 0 Å². The summed E-state index contributed by atoms with van der Waals surface area (Å²) in [7, 11) is 0. The lowest BCUT2D eigenvalue weighted by atomic mass is 9.98. The molecule has 11 aromatic rings. The molecule has 254 valence electrons. The van der Waals surface area contributed by atoms with Gasteiger partial charge in [0.1, 0.15) is 6.07 Å². The van der Waals surface area contributed by atoms with Gasteiger partial charge in [-0.1, -0.05) is 103 Å². The van der Waals surface area contributed by atoms with Gasteiger partial charge in [0.15, 0.2) is 0 Å². The molecule has 0 radical (unpaired) electrons. The van der Waals surface area contributed by atoms with Gasteiger partial charge >= 0.3 is 0 Å². The van der Waals surface area contributed by atoms with Crippen LogP contribution in [0.4, 0.5) is 0 Å². The Morgan fingerprint density at radius 2 is 0.855 bits per heavy atom. The average Bonchev–Trinajstić information content (AvgIpc) is 3.88. The van der Waals surface area contributed by atoms with Crippen molar-refractivity contribution in [2.45, 2.75) is 0 Å². The summed E-state index contributed by atoms with van der Waals surface area (Å²) in [6, 6.07) is 65.9. The Bertz CT molecular complexity index is 3400. The van der Waals surface area contributed by atoms with Crippen LogP contribution in [0.15, 0.2) is 176 Å². The topological polar surface area (TPSA) is 62.4 Å². The fraction of sp³-hybridized carbons (Fsp3) is 0. The van der Waals surface area contributed by atoms with Gasteiger partial charge in [0.25, 0.3) is 0 Å². The lowest BCUT2D eigenvalue weighted by Gasteiger charge is -2.15. The van der Waals surface area contributed by atoms with Gasteiger partial charge in [0, 0.05) is 49.3 Å². The number of fused-ring (bicyclic) bond motifs is 9. The smallest absolute Gasteiger partial charge is 0.102 e. The first-order valence-corrected chi connectivity index (χ1v) is 18.3. The van der Waals surface area contributed by atoms with E-state index in [1.807, 2.05) is 36.4 Å². The minimum atomic E-state index is 0.612. The molecule has 3 heterocycles. The summed E-state index contributed by atoms with van der Waals surface area (Å²) in [5.74, 6) is 0. The normalized spacial score (nSPS) is 11.6. The third-order valence-electron chi connectivity index (χ3n) is 11.1. The molecular formula is C50H29N5. The van der Waals surface area contributed by atoms with Gasteiger partial charge in [-0.25, -0.2) is 0 Å². The Morgan fingerprint density at radius 1 is 0.345 bits per heavy atom. The lowest BCUT2D eigenvalue weighted by Crippen LogP contribution is -2.01. The highest BCUT2D eigenvalue weighted by atomic mass is 15.0. The number of para-hydroxylation sites is 4. The molecule has 0 atom stereocenters. The van der Waals surface area contributed by atoms with Crippen molar-refractivity contribution in [3.05, 3.63) is 187 Å². The molecule has 55 heavy (non-hydrogen) atoms. The van der Waals surface area contributed by atoms with Crippen molar-refractivity contribution in [3.63, 3.8) is 0 Å². The number of hydrogen-bond donors (Lipinski definition) is 0. The SMILES string of the molecule is N#Cc1ccc2c(c1)c1ccccc1n2-c1ccc(-c2cccc(-n3c4ccccc4c4ccc(-n5c6ccccc6c6ccccc65)cc43)c2C#N)cc1. The number of hydrogen-bond acceptors (Lipinski definition) is 2. The predicted octanol–water partition coefficient (Wildman–Crippen LogP) is 12.4. The minimum Gasteiger partial charge on any atom is -0.309 e. The zero-order valence-electron chi connectivity index (χ0n) is 29.5. The highest BCUT2D eigenvalue weighted by Crippen LogP contribution is 2.39. The Hall–Kier alpha value is -7.86. The molecule has 0 saturated carbocycles. The number of aromatic nitrogens is 3. The average molecular weight is 700 g/mol. The first-order chi connectivity index (χ1) is 27.2. The third kappa shape index (κ3) is 4.45. The Morgan fingerprint density at radius 3 is 1.45 bits per heavy atom. The highest BCUT2D eigenvalue weighted by molar-refractivity contribution is 6.12. The van der Waals surface area contributed by atoms with Crippen molar-refractivity contribution in [2.75, 3.05) is 0 Å². The summed E-state index contributed by atoms with van der Waals surface area (Å²) in [5, 5.41) is 27.4. The molecule has 0 bridgehead atoms. The molecular weight excluding hydrogens is 671 g/mol. The summed E-state index contributed by atoms with van der Waals surface area (Å²) in [6.07, 6.45) is 0. The molecule has 5 nitrogen and oxygen atoms in total. The van der Waals surface area contributed by atoms with E-state index in [-0.39, 0.29) is 0 Å². The maximum atomic E-state index is 10.9. The van der Waals surface area contributed by atoms with Crippen LogP contribution in [0.5, 0.6) is 0 Å². The zero-order chi connectivity index (χ0) is 36.6. The van der Waals surface area contributed by atoms with E-state index in [9.17, 15) is 10.5 Å². The number of rotatable bonds is 4. The van der Waals surface area contributed by atoms with Crippen LogP contribution in [0, 0.1) is 22.7 Å². The Balaban J connectivity index is 1.09. The Kier molecular flexibility index (Phi) is 6.61. The van der Waals surface area contributed by atoms with E-state index < -0.39 is 0 Å². The molecule has 0 saturated heterocycles. The third-order valence-corrected chi connectivity index (χ3v) is 11.1. The predicted molar refractivity (Wildman–Crippen MR) is 224 cm³/mol. The van der Waals surface area contributed by atoms with Crippen LogP contribution in [0.1, 0.15) is 11.1 Å². The highest BCUT2D eigenvalue weighted by Gasteiger charge is 2.20. The van der Waals surface area contributed by atoms with Crippen molar-refractivity contribution < 1.29 is 0 Å². The van der Waals surface area contributed by atoms with Crippen molar-refractivity contribution in [3.8, 4) is 40.3 Å². The van der Waals surface area contributed by atoms with Crippen molar-refractivity contribution in [1.82, 2.24) is 13.7 Å². The van der Waals surface area contributed by atoms with E-state index in [1.54, 1.807) is 0 Å². The molecule has 0 fully saturated rings. The number of nitrogens with zero attached hydrogens (tertiary/aromatic N) is 5. The van der Waals surface area contributed by atoms with Crippen LogP contribution in [0.25, 0.3) is 93.6 Å². The van der Waals surface area contributed by atoms with Crippen LogP contribution in [0.2, 0.25) is 0 Å². The monoisotopic (exact) mass is 699 g/mol. The van der Waals surface area contributed by atoms with Crippen LogP contribution < -0.4 is 0 Å². The van der Waals surface area contributed by atoms with Gasteiger partial charge in [0.2, 0.25) is 0 Å². The van der Waals surface area contributed by atoms with Crippen molar-refractivity contribution >= 4 is 65.4 Å². The Labute approximate surface area is 316 Å². The summed E-state index contributed by atoms with van der Waals surface area (Å²) in [5.41, 5.74) is 12.5. The van der Waals surface area contributed by atoms with Gasteiger partial charge in [-0.05, 0) is 78.4 Å². The molecule has 5 heteroatoms. The molecule has 0 unspecified atom stereocenters. The molecule has 0 amide bonds. The summed E-state index contributed by atoms with van der Waals surface area (Å²) in [4.78, 5) is 0. The maximum absolute atomic E-state index is 10.9. The molecule has 8 aromatic carbocycles. The first kappa shape index (κ1) is 30.7. The minimum absolute atomic E-state index is 0.612. The molecule has 0 aliphatic rings. The standard InChI is InChI=1S/C50H29N5/c51-30-32-20-27-49-42(28-32)40-13-4-7-17-46(40)53(49)34-23-21-33(22-24-34)36-14-9-19-48(43(36)31-52)55-47-18-8-3-12-39(47)41-26-25-35(29-50(41)55)54-44-15-5-1-10-37(44)38-11-2-6-16-45(38)54/h1-29H. The van der Waals surface area contributed by atoms with Crippen molar-refractivity contribution in [2.24, 2.45) is 0 Å². The molecule has 0 N–H and O–H groups in total. The van der Waals surface area contributed by atoms with Gasteiger partial charge in [-0.2, -0.15) is 10.5 Å². The van der Waals surface area contributed by atoms with E-state index in [0.717, 1.165) is 82.8 Å². The lowest BCUT2D eigenvalue weighted by molar-refractivity contribution is 1.15. The van der Waals surface area contributed by atoms with E-state index >= 15 is 0 Å². The largest absolute Gasteiger partial charge is 0.309 e. The second kappa shape index (κ2) is 11.8. The quantitative estimate of drug-likeness (QED) is 0.184. The number of benzene rings is 8. The molecule has 0 aliphatic heterocycles. The van der Waals surface area contributed by atoms with Gasteiger partial charge in [-0.3, -0.25) is 0 Å². The second-order valence-corrected chi connectivity index (χ2v) is 14.0. The number of nitriles is 2. The summed E-state index contributed by atoms with van der Waals surface area (Å²) in [6.45, 7) is 0. The summed E-state index contributed by atoms with van der Waals surface area (Å²) < 4.78 is 6.84. The van der Waals surface area contributed by atoms with E-state index in [2.05, 4.69) is 165 Å². The van der Waals surface area contributed by atoms with Crippen molar-refractivity contribution in [1.29, 1.82) is 10.5 Å². The van der Waals surface area contributed by atoms with Gasteiger partial charge in [0.05, 0.1) is 56.0 Å². The van der Waals surface area contributed by atoms with Crippen LogP contribution in [-0.2, 0) is 0 Å². The first-order valence-electron chi connectivity index (χ1n) is 18.3. The maximum Gasteiger partial charge on any atom is 0.102 e. The van der Waals surface area contributed by atoms with Gasteiger partial charge in [-0.15, -0.1) is 0 Å². The fourth-order valence-corrected chi connectivity index (χ4v) is 8.75. The van der Waals surface area contributed by atoms with Gasteiger partial charge < -0.3 is 13.7 Å². The van der Waals surface area contributed by atoms with Crippen LogP contribution >= 0.6 is 0 Å². The van der Waals surface area contributed by atoms with Crippen LogP contribution in [-0.4, -0.2) is 13.7 Å². The molecule has 0 spiro atoms. The molecule has 3 aromatic heterocycles. The second-order valence-electron chi connectivity index (χ2n) is 14.0. The van der Waals surface area contributed by atoms with E-state index in [4.69, 9.17) is 0 Å². The fourth-order valence-electron chi connectivity index (χ4n) is 8.75. The molecule has 11 rings (SSSR count). The molecule has 0 aliphatic carbocycles. The zero-order valence-corrected chi connectivity index (χ0v) is 29.5. The van der Waals surface area contributed by atoms with E-state index in [1.165, 1.54) is 10.8 Å². The summed E-state index contributed by atoms with van der Waals surface area (Å²) >= 11 is 0.